The lowest BCUT2D eigenvalue weighted by molar-refractivity contribution is -0.128. The van der Waals surface area contributed by atoms with Crippen LogP contribution >= 0.6 is 0 Å². The van der Waals surface area contributed by atoms with Crippen LogP contribution in [-0.2, 0) is 4.79 Å². The quantitative estimate of drug-likeness (QED) is 0.919. The molecule has 1 aromatic carbocycles. The van der Waals surface area contributed by atoms with Gasteiger partial charge in [-0.25, -0.2) is 13.6 Å². The molecule has 1 heterocycles. The molecule has 1 atom stereocenters. The highest BCUT2D eigenvalue weighted by atomic mass is 19.1. The summed E-state index contributed by atoms with van der Waals surface area (Å²) in [6.07, 6.45) is 0.731. The first-order valence-electron chi connectivity index (χ1n) is 8.11. The highest BCUT2D eigenvalue weighted by Gasteiger charge is 2.21. The van der Waals surface area contributed by atoms with Crippen molar-refractivity contribution in [3.05, 3.63) is 35.4 Å². The van der Waals surface area contributed by atoms with Gasteiger partial charge in [0.1, 0.15) is 11.6 Å². The van der Waals surface area contributed by atoms with E-state index in [1.54, 1.807) is 16.7 Å². The number of carbonyl (C=O) groups excluding carboxylic acids is 2. The van der Waals surface area contributed by atoms with Gasteiger partial charge in [0.05, 0.1) is 0 Å². The Kier molecular flexibility index (Phi) is 6.11. The molecule has 0 aliphatic carbocycles. The SMILES string of the molecule is CC(=O)N1CCCN(C(=O)NC[C@H](C)c2ccc(F)cc2F)CC1. The Morgan fingerprint density at radius 2 is 1.83 bits per heavy atom. The summed E-state index contributed by atoms with van der Waals surface area (Å²) in [5, 5.41) is 2.79. The molecule has 0 spiro atoms. The van der Waals surface area contributed by atoms with Gasteiger partial charge in [0.2, 0.25) is 5.91 Å². The molecular formula is C17H23F2N3O2. The standard InChI is InChI=1S/C17H23F2N3O2/c1-12(15-5-4-14(18)10-16(15)19)11-20-17(24)22-7-3-6-21(8-9-22)13(2)23/h4-5,10,12H,3,6-9,11H2,1-2H3,(H,20,24)/t12-/m0/s1. The van der Waals surface area contributed by atoms with Crippen molar-refractivity contribution in [2.45, 2.75) is 26.2 Å². The predicted octanol–water partition coefficient (Wildman–Crippen LogP) is 2.33. The lowest BCUT2D eigenvalue weighted by Crippen LogP contribution is -2.43. The van der Waals surface area contributed by atoms with Gasteiger partial charge in [-0.2, -0.15) is 0 Å². The van der Waals surface area contributed by atoms with Gasteiger partial charge in [0.25, 0.3) is 0 Å². The summed E-state index contributed by atoms with van der Waals surface area (Å²) in [5.41, 5.74) is 0.371. The molecule has 0 saturated carbocycles. The molecular weight excluding hydrogens is 316 g/mol. The number of halogens is 2. The first-order chi connectivity index (χ1) is 11.4. The third kappa shape index (κ3) is 4.66. The van der Waals surface area contributed by atoms with Gasteiger partial charge in [-0.05, 0) is 18.1 Å². The van der Waals surface area contributed by atoms with E-state index in [1.165, 1.54) is 19.1 Å². The molecule has 1 saturated heterocycles. The molecule has 7 heteroatoms. The van der Waals surface area contributed by atoms with Gasteiger partial charge >= 0.3 is 6.03 Å². The van der Waals surface area contributed by atoms with Gasteiger partial charge in [-0.3, -0.25) is 4.79 Å². The second-order valence-corrected chi connectivity index (χ2v) is 6.10. The number of nitrogens with zero attached hydrogens (tertiary/aromatic N) is 2. The lowest BCUT2D eigenvalue weighted by atomic mass is 10.0. The number of hydrogen-bond acceptors (Lipinski definition) is 2. The maximum atomic E-state index is 13.8. The second-order valence-electron chi connectivity index (χ2n) is 6.10. The van der Waals surface area contributed by atoms with Gasteiger partial charge < -0.3 is 15.1 Å². The Morgan fingerprint density at radius 3 is 2.50 bits per heavy atom. The highest BCUT2D eigenvalue weighted by molar-refractivity contribution is 5.75. The number of rotatable bonds is 3. The second kappa shape index (κ2) is 8.08. The Hall–Kier alpha value is -2.18. The van der Waals surface area contributed by atoms with E-state index >= 15 is 0 Å². The Balaban J connectivity index is 1.87. The van der Waals surface area contributed by atoms with Gasteiger partial charge in [-0.15, -0.1) is 0 Å². The summed E-state index contributed by atoms with van der Waals surface area (Å²) in [4.78, 5) is 27.0. The van der Waals surface area contributed by atoms with Gasteiger partial charge in [-0.1, -0.05) is 13.0 Å². The van der Waals surface area contributed by atoms with E-state index in [4.69, 9.17) is 0 Å². The molecule has 1 fully saturated rings. The molecule has 3 amide bonds. The number of amides is 3. The van der Waals surface area contributed by atoms with E-state index in [0.717, 1.165) is 12.5 Å². The first-order valence-corrected chi connectivity index (χ1v) is 8.11. The van der Waals surface area contributed by atoms with Gasteiger partial charge in [0.15, 0.2) is 0 Å². The molecule has 5 nitrogen and oxygen atoms in total. The molecule has 1 aliphatic heterocycles. The van der Waals surface area contributed by atoms with Crippen LogP contribution in [0.15, 0.2) is 18.2 Å². The zero-order chi connectivity index (χ0) is 17.7. The number of hydrogen-bond donors (Lipinski definition) is 1. The summed E-state index contributed by atoms with van der Waals surface area (Å²) in [5.74, 6) is -1.48. The zero-order valence-electron chi connectivity index (χ0n) is 14.0. The maximum Gasteiger partial charge on any atom is 0.317 e. The van der Waals surface area contributed by atoms with Crippen LogP contribution in [0, 0.1) is 11.6 Å². The Labute approximate surface area is 140 Å². The first kappa shape index (κ1) is 18.2. The summed E-state index contributed by atoms with van der Waals surface area (Å²) in [6, 6.07) is 3.23. The molecule has 0 radical (unpaired) electrons. The largest absolute Gasteiger partial charge is 0.341 e. The molecule has 24 heavy (non-hydrogen) atoms. The van der Waals surface area contributed by atoms with Crippen molar-refractivity contribution in [2.75, 3.05) is 32.7 Å². The Bertz CT molecular complexity index is 609. The van der Waals surface area contributed by atoms with Crippen molar-refractivity contribution in [1.29, 1.82) is 0 Å². The summed E-state index contributed by atoms with van der Waals surface area (Å²) < 4.78 is 26.7. The molecule has 1 aromatic rings. The van der Waals surface area contributed by atoms with E-state index in [2.05, 4.69) is 5.32 Å². The molecule has 1 N–H and O–H groups in total. The van der Waals surface area contributed by atoms with Crippen molar-refractivity contribution in [3.63, 3.8) is 0 Å². The molecule has 1 aliphatic rings. The number of carbonyl (C=O) groups is 2. The molecule has 0 aromatic heterocycles. The van der Waals surface area contributed by atoms with Crippen molar-refractivity contribution >= 4 is 11.9 Å². The third-order valence-electron chi connectivity index (χ3n) is 4.28. The van der Waals surface area contributed by atoms with Crippen LogP contribution in [0.3, 0.4) is 0 Å². The van der Waals surface area contributed by atoms with E-state index in [1.807, 2.05) is 0 Å². The van der Waals surface area contributed by atoms with Crippen LogP contribution in [0.1, 0.15) is 31.7 Å². The average molecular weight is 339 g/mol. The fourth-order valence-corrected chi connectivity index (χ4v) is 2.80. The van der Waals surface area contributed by atoms with E-state index in [0.29, 0.717) is 31.7 Å². The van der Waals surface area contributed by atoms with Crippen molar-refractivity contribution in [1.82, 2.24) is 15.1 Å². The van der Waals surface area contributed by atoms with Crippen LogP contribution in [0.4, 0.5) is 13.6 Å². The smallest absolute Gasteiger partial charge is 0.317 e. The number of urea groups is 1. The van der Waals surface area contributed by atoms with Crippen molar-refractivity contribution in [2.24, 2.45) is 0 Å². The monoisotopic (exact) mass is 339 g/mol. The lowest BCUT2D eigenvalue weighted by Gasteiger charge is -2.23. The summed E-state index contributed by atoms with van der Waals surface area (Å²) in [6.45, 7) is 5.78. The number of nitrogens with one attached hydrogen (secondary N) is 1. The minimum atomic E-state index is -0.618. The minimum absolute atomic E-state index is 0.0117. The number of benzene rings is 1. The summed E-state index contributed by atoms with van der Waals surface area (Å²) >= 11 is 0. The topological polar surface area (TPSA) is 52.7 Å². The normalized spacial score (nSPS) is 16.5. The zero-order valence-corrected chi connectivity index (χ0v) is 14.0. The molecule has 0 unspecified atom stereocenters. The van der Waals surface area contributed by atoms with Crippen LogP contribution in [0.2, 0.25) is 0 Å². The predicted molar refractivity (Wildman–Crippen MR) is 86.6 cm³/mol. The van der Waals surface area contributed by atoms with Crippen LogP contribution in [-0.4, -0.2) is 54.5 Å². The van der Waals surface area contributed by atoms with E-state index in [-0.39, 0.29) is 24.4 Å². The third-order valence-corrected chi connectivity index (χ3v) is 4.28. The fraction of sp³-hybridized carbons (Fsp3) is 0.529. The molecule has 0 bridgehead atoms. The molecule has 132 valence electrons. The highest BCUT2D eigenvalue weighted by Crippen LogP contribution is 2.19. The minimum Gasteiger partial charge on any atom is -0.341 e. The van der Waals surface area contributed by atoms with Gasteiger partial charge in [0, 0.05) is 51.6 Å². The maximum absolute atomic E-state index is 13.8. The van der Waals surface area contributed by atoms with Crippen molar-refractivity contribution < 1.29 is 18.4 Å². The molecule has 2 rings (SSSR count). The van der Waals surface area contributed by atoms with Crippen LogP contribution < -0.4 is 5.32 Å². The van der Waals surface area contributed by atoms with E-state index < -0.39 is 11.6 Å². The van der Waals surface area contributed by atoms with E-state index in [9.17, 15) is 18.4 Å². The Morgan fingerprint density at radius 1 is 1.17 bits per heavy atom. The fourth-order valence-electron chi connectivity index (χ4n) is 2.80. The van der Waals surface area contributed by atoms with Crippen molar-refractivity contribution in [3.8, 4) is 0 Å². The summed E-state index contributed by atoms with van der Waals surface area (Å²) in [7, 11) is 0. The van der Waals surface area contributed by atoms with Crippen LogP contribution in [0.25, 0.3) is 0 Å². The average Bonchev–Trinajstić information content (AvgIpc) is 2.78. The van der Waals surface area contributed by atoms with Crippen LogP contribution in [0.5, 0.6) is 0 Å².